The molecule has 9 heteroatoms. The summed E-state index contributed by atoms with van der Waals surface area (Å²) in [4.78, 5) is 26.7. The second-order valence-corrected chi connectivity index (χ2v) is 7.35. The number of fused-ring (bicyclic) bond motifs is 2. The van der Waals surface area contributed by atoms with E-state index in [2.05, 4.69) is 19.7 Å². The van der Waals surface area contributed by atoms with Crippen LogP contribution in [0.1, 0.15) is 6.92 Å². The van der Waals surface area contributed by atoms with Crippen molar-refractivity contribution in [2.45, 2.75) is 13.5 Å². The third-order valence-electron chi connectivity index (χ3n) is 5.23. The fraction of sp³-hybridized carbons (Fsp3) is 0.120. The van der Waals surface area contributed by atoms with Gasteiger partial charge in [-0.15, -0.1) is 0 Å². The average molecular weight is 460 g/mol. The number of benzene rings is 2. The molecule has 0 amide bonds. The molecule has 7 nitrogen and oxygen atoms in total. The number of alkyl halides is 2. The highest BCUT2D eigenvalue weighted by molar-refractivity contribution is 5.87. The number of aromatic nitrogens is 4. The second kappa shape index (κ2) is 8.86. The molecule has 2 aromatic carbocycles. The van der Waals surface area contributed by atoms with E-state index < -0.39 is 6.61 Å². The third-order valence-corrected chi connectivity index (χ3v) is 5.23. The fourth-order valence-electron chi connectivity index (χ4n) is 3.75. The van der Waals surface area contributed by atoms with E-state index >= 15 is 0 Å². The summed E-state index contributed by atoms with van der Waals surface area (Å²) in [6.07, 6.45) is 3.30. The van der Waals surface area contributed by atoms with Crippen molar-refractivity contribution in [3.63, 3.8) is 0 Å². The molecular formula is C25H18F2N4O3. The molecule has 0 saturated heterocycles. The van der Waals surface area contributed by atoms with Crippen LogP contribution in [-0.4, -0.2) is 32.7 Å². The summed E-state index contributed by atoms with van der Waals surface area (Å²) in [5.41, 5.74) is 2.37. The molecule has 0 aliphatic heterocycles. The van der Waals surface area contributed by atoms with Crippen molar-refractivity contribution in [2.24, 2.45) is 0 Å². The Balaban J connectivity index is 1.74. The molecule has 3 heterocycles. The van der Waals surface area contributed by atoms with Crippen molar-refractivity contribution >= 4 is 21.9 Å². The van der Waals surface area contributed by atoms with Gasteiger partial charge in [0.15, 0.2) is 5.65 Å². The summed E-state index contributed by atoms with van der Waals surface area (Å²) in [5.74, 6) is -0.0149. The van der Waals surface area contributed by atoms with Gasteiger partial charge >= 0.3 is 12.6 Å². The SMILES string of the molecule is CCOc1ncc2cc(-c3ccc4ncccc4c3)c(=O)n(-c3ccc(OC(F)F)cc3)c2n1. The Morgan fingerprint density at radius 2 is 1.82 bits per heavy atom. The average Bonchev–Trinajstić information content (AvgIpc) is 2.84. The molecule has 0 N–H and O–H groups in total. The van der Waals surface area contributed by atoms with E-state index in [0.29, 0.717) is 34.5 Å². The smallest absolute Gasteiger partial charge is 0.387 e. The van der Waals surface area contributed by atoms with Gasteiger partial charge in [0.25, 0.3) is 5.56 Å². The van der Waals surface area contributed by atoms with Crippen molar-refractivity contribution < 1.29 is 18.3 Å². The molecule has 0 aliphatic rings. The van der Waals surface area contributed by atoms with Gasteiger partial charge in [-0.05, 0) is 61.0 Å². The first kappa shape index (κ1) is 21.4. The second-order valence-electron chi connectivity index (χ2n) is 7.35. The molecule has 5 rings (SSSR count). The molecule has 3 aromatic heterocycles. The summed E-state index contributed by atoms with van der Waals surface area (Å²) in [7, 11) is 0. The minimum Gasteiger partial charge on any atom is -0.464 e. The highest BCUT2D eigenvalue weighted by Gasteiger charge is 2.16. The third kappa shape index (κ3) is 4.03. The Kier molecular flexibility index (Phi) is 5.59. The molecule has 170 valence electrons. The Bertz CT molecular complexity index is 1550. The van der Waals surface area contributed by atoms with E-state index in [1.165, 1.54) is 28.8 Å². The highest BCUT2D eigenvalue weighted by Crippen LogP contribution is 2.26. The van der Waals surface area contributed by atoms with Crippen LogP contribution in [0.3, 0.4) is 0 Å². The molecule has 0 aliphatic carbocycles. The van der Waals surface area contributed by atoms with E-state index in [0.717, 1.165) is 10.9 Å². The van der Waals surface area contributed by atoms with Crippen molar-refractivity contribution in [1.82, 2.24) is 19.5 Å². The van der Waals surface area contributed by atoms with Crippen LogP contribution in [0.4, 0.5) is 8.78 Å². The van der Waals surface area contributed by atoms with Gasteiger partial charge in [0.2, 0.25) is 0 Å². The Morgan fingerprint density at radius 1 is 1.00 bits per heavy atom. The fourth-order valence-corrected chi connectivity index (χ4v) is 3.75. The summed E-state index contributed by atoms with van der Waals surface area (Å²) in [5, 5.41) is 1.50. The van der Waals surface area contributed by atoms with Crippen molar-refractivity contribution in [1.29, 1.82) is 0 Å². The standard InChI is InChI=1S/C25H18F2N4O3/c1-2-33-25-29-14-17-13-20(15-5-10-21-16(12-15)4-3-11-28-21)23(32)31(22(17)30-25)18-6-8-19(9-7-18)34-24(26)27/h3-14,24H,2H2,1H3. The Morgan fingerprint density at radius 3 is 2.59 bits per heavy atom. The van der Waals surface area contributed by atoms with Gasteiger partial charge < -0.3 is 9.47 Å². The van der Waals surface area contributed by atoms with Gasteiger partial charge in [-0.1, -0.05) is 12.1 Å². The Labute approximate surface area is 192 Å². The maximum atomic E-state index is 13.7. The number of ether oxygens (including phenoxy) is 2. The zero-order valence-electron chi connectivity index (χ0n) is 18.0. The van der Waals surface area contributed by atoms with Crippen LogP contribution >= 0.6 is 0 Å². The number of halogens is 2. The lowest BCUT2D eigenvalue weighted by Crippen LogP contribution is -2.21. The number of hydrogen-bond donors (Lipinski definition) is 0. The molecule has 0 fully saturated rings. The number of hydrogen-bond acceptors (Lipinski definition) is 6. The van der Waals surface area contributed by atoms with Crippen molar-refractivity contribution in [3.8, 4) is 28.6 Å². The number of rotatable bonds is 6. The van der Waals surface area contributed by atoms with Gasteiger partial charge in [0.05, 0.1) is 17.8 Å². The highest BCUT2D eigenvalue weighted by atomic mass is 19.3. The predicted octanol–water partition coefficient (Wildman–Crippen LogP) is 5.00. The van der Waals surface area contributed by atoms with Crippen LogP contribution < -0.4 is 15.0 Å². The minimum absolute atomic E-state index is 0.0149. The van der Waals surface area contributed by atoms with E-state index in [1.54, 1.807) is 25.4 Å². The first-order chi connectivity index (χ1) is 16.5. The van der Waals surface area contributed by atoms with Gasteiger partial charge in [-0.2, -0.15) is 13.8 Å². The van der Waals surface area contributed by atoms with Gasteiger partial charge in [-0.25, -0.2) is 4.98 Å². The normalized spacial score (nSPS) is 11.3. The van der Waals surface area contributed by atoms with E-state index in [9.17, 15) is 13.6 Å². The maximum absolute atomic E-state index is 13.7. The summed E-state index contributed by atoms with van der Waals surface area (Å²) in [6, 6.07) is 17.0. The van der Waals surface area contributed by atoms with Gasteiger partial charge in [0.1, 0.15) is 5.75 Å². The van der Waals surface area contributed by atoms with E-state index in [1.807, 2.05) is 30.3 Å². The lowest BCUT2D eigenvalue weighted by Gasteiger charge is -2.14. The largest absolute Gasteiger partial charge is 0.464 e. The van der Waals surface area contributed by atoms with Crippen molar-refractivity contribution in [3.05, 3.63) is 83.4 Å². The molecule has 0 atom stereocenters. The van der Waals surface area contributed by atoms with Crippen LogP contribution in [0, 0.1) is 0 Å². The first-order valence-corrected chi connectivity index (χ1v) is 10.5. The monoisotopic (exact) mass is 460 g/mol. The van der Waals surface area contributed by atoms with Crippen LogP contribution in [0.15, 0.2) is 77.9 Å². The van der Waals surface area contributed by atoms with Crippen LogP contribution in [0.5, 0.6) is 11.8 Å². The molecule has 0 saturated carbocycles. The zero-order valence-corrected chi connectivity index (χ0v) is 18.0. The van der Waals surface area contributed by atoms with Crippen molar-refractivity contribution in [2.75, 3.05) is 6.61 Å². The van der Waals surface area contributed by atoms with Gasteiger partial charge in [0, 0.05) is 28.7 Å². The number of pyridine rings is 2. The van der Waals surface area contributed by atoms with Crippen LogP contribution in [-0.2, 0) is 0 Å². The van der Waals surface area contributed by atoms with E-state index in [-0.39, 0.29) is 17.3 Å². The Hall–Kier alpha value is -4.40. The molecule has 0 bridgehead atoms. The molecule has 0 unspecified atom stereocenters. The number of nitrogens with zero attached hydrogens (tertiary/aromatic N) is 4. The molecule has 0 radical (unpaired) electrons. The minimum atomic E-state index is -2.94. The summed E-state index contributed by atoms with van der Waals surface area (Å²) < 4.78 is 36.4. The first-order valence-electron chi connectivity index (χ1n) is 10.5. The van der Waals surface area contributed by atoms with Crippen LogP contribution in [0.25, 0.3) is 38.8 Å². The van der Waals surface area contributed by atoms with E-state index in [4.69, 9.17) is 4.74 Å². The lowest BCUT2D eigenvalue weighted by atomic mass is 10.0. The summed E-state index contributed by atoms with van der Waals surface area (Å²) in [6.45, 7) is -0.778. The molecule has 5 aromatic rings. The molecule has 0 spiro atoms. The van der Waals surface area contributed by atoms with Gasteiger partial charge in [-0.3, -0.25) is 14.3 Å². The molecular weight excluding hydrogens is 442 g/mol. The maximum Gasteiger partial charge on any atom is 0.387 e. The summed E-state index contributed by atoms with van der Waals surface area (Å²) >= 11 is 0. The lowest BCUT2D eigenvalue weighted by molar-refractivity contribution is -0.0498. The topological polar surface area (TPSA) is 79.1 Å². The zero-order chi connectivity index (χ0) is 23.7. The quantitative estimate of drug-likeness (QED) is 0.355. The molecule has 34 heavy (non-hydrogen) atoms. The predicted molar refractivity (Wildman–Crippen MR) is 124 cm³/mol. The van der Waals surface area contributed by atoms with Crippen LogP contribution in [0.2, 0.25) is 0 Å².